The molecular weight excluding hydrogens is 372 g/mol. The number of ether oxygens (including phenoxy) is 1. The zero-order valence-corrected chi connectivity index (χ0v) is 15.4. The van der Waals surface area contributed by atoms with Crippen molar-refractivity contribution in [1.29, 1.82) is 0 Å². The van der Waals surface area contributed by atoms with Crippen LogP contribution in [0, 0.1) is 6.92 Å². The Morgan fingerprint density at radius 2 is 1.69 bits per heavy atom. The molecular formula is C20H16N6O3. The highest BCUT2D eigenvalue weighted by atomic mass is 16.6. The van der Waals surface area contributed by atoms with Gasteiger partial charge in [0.2, 0.25) is 5.78 Å². The minimum absolute atomic E-state index is 0.0137. The van der Waals surface area contributed by atoms with Gasteiger partial charge in [0.05, 0.1) is 11.4 Å². The van der Waals surface area contributed by atoms with E-state index in [0.717, 1.165) is 5.69 Å². The molecule has 0 fully saturated rings. The molecule has 0 radical (unpaired) electrons. The smallest absolute Gasteiger partial charge is 0.363 e. The number of benzene rings is 2. The van der Waals surface area contributed by atoms with Crippen LogP contribution in [-0.2, 0) is 4.74 Å². The van der Waals surface area contributed by atoms with Crippen molar-refractivity contribution in [3.63, 3.8) is 0 Å². The molecule has 29 heavy (non-hydrogen) atoms. The molecule has 2 aromatic heterocycles. The molecule has 9 nitrogen and oxygen atoms in total. The lowest BCUT2D eigenvalue weighted by atomic mass is 10.1. The summed E-state index contributed by atoms with van der Waals surface area (Å²) in [5.74, 6) is -1.22. The van der Waals surface area contributed by atoms with E-state index < -0.39 is 18.0 Å². The maximum atomic E-state index is 12.9. The molecule has 0 saturated carbocycles. The number of ketones is 1. The third-order valence-electron chi connectivity index (χ3n) is 4.27. The Kier molecular flexibility index (Phi) is 4.93. The second kappa shape index (κ2) is 7.85. The van der Waals surface area contributed by atoms with Crippen LogP contribution in [0.3, 0.4) is 0 Å². The molecule has 0 aliphatic heterocycles. The Morgan fingerprint density at radius 3 is 2.34 bits per heavy atom. The summed E-state index contributed by atoms with van der Waals surface area (Å²) in [6, 6.07) is 17.8. The number of esters is 1. The molecule has 0 saturated heterocycles. The average Bonchev–Trinajstić information content (AvgIpc) is 3.43. The molecule has 0 bridgehead atoms. The minimum atomic E-state index is -1.31. The Hall–Kier alpha value is -4.14. The minimum Gasteiger partial charge on any atom is -0.427 e. The number of rotatable bonds is 6. The quantitative estimate of drug-likeness (QED) is 0.369. The molecule has 144 valence electrons. The number of hydrogen-bond acceptors (Lipinski definition) is 7. The van der Waals surface area contributed by atoms with Crippen molar-refractivity contribution in [3.8, 4) is 5.69 Å². The summed E-state index contributed by atoms with van der Waals surface area (Å²) in [4.78, 5) is 29.6. The van der Waals surface area contributed by atoms with Crippen LogP contribution in [0.2, 0.25) is 0 Å². The number of aromatic nitrogens is 6. The van der Waals surface area contributed by atoms with Crippen LogP contribution in [0.25, 0.3) is 5.69 Å². The second-order valence-corrected chi connectivity index (χ2v) is 6.13. The number of nitrogens with zero attached hydrogens (tertiary/aromatic N) is 6. The highest BCUT2D eigenvalue weighted by Crippen LogP contribution is 2.19. The standard InChI is InChI=1S/C20H16N6O3/c1-14-17(23-24-26(14)16-10-6-3-7-11-16)20(28)29-19(25-13-21-12-22-25)18(27)15-8-4-2-5-9-15/h2-13,19H,1H3. The van der Waals surface area contributed by atoms with Crippen molar-refractivity contribution in [2.45, 2.75) is 13.2 Å². The van der Waals surface area contributed by atoms with Gasteiger partial charge in [0.25, 0.3) is 6.23 Å². The fourth-order valence-electron chi connectivity index (χ4n) is 2.80. The van der Waals surface area contributed by atoms with Crippen LogP contribution >= 0.6 is 0 Å². The van der Waals surface area contributed by atoms with Crippen LogP contribution in [0.4, 0.5) is 0 Å². The van der Waals surface area contributed by atoms with Gasteiger partial charge in [-0.3, -0.25) is 4.79 Å². The summed E-state index contributed by atoms with van der Waals surface area (Å²) in [5.41, 5.74) is 1.64. The van der Waals surface area contributed by atoms with Gasteiger partial charge >= 0.3 is 5.97 Å². The van der Waals surface area contributed by atoms with Gasteiger partial charge in [-0.25, -0.2) is 19.1 Å². The lowest BCUT2D eigenvalue weighted by Gasteiger charge is -2.16. The van der Waals surface area contributed by atoms with Gasteiger partial charge in [-0.15, -0.1) is 5.10 Å². The van der Waals surface area contributed by atoms with Crippen molar-refractivity contribution >= 4 is 11.8 Å². The fourth-order valence-corrected chi connectivity index (χ4v) is 2.80. The highest BCUT2D eigenvalue weighted by molar-refractivity contribution is 6.00. The van der Waals surface area contributed by atoms with Gasteiger partial charge in [0.15, 0.2) is 5.69 Å². The SMILES string of the molecule is Cc1c(C(=O)OC(C(=O)c2ccccc2)n2cncn2)nnn1-c1ccccc1. The summed E-state index contributed by atoms with van der Waals surface area (Å²) >= 11 is 0. The Morgan fingerprint density at radius 1 is 1.00 bits per heavy atom. The number of hydrogen-bond donors (Lipinski definition) is 0. The first-order valence-corrected chi connectivity index (χ1v) is 8.77. The molecule has 0 N–H and O–H groups in total. The van der Waals surface area contributed by atoms with Crippen LogP contribution in [-0.4, -0.2) is 41.5 Å². The van der Waals surface area contributed by atoms with E-state index in [1.165, 1.54) is 22.0 Å². The molecule has 2 heterocycles. The van der Waals surface area contributed by atoms with E-state index in [0.29, 0.717) is 11.3 Å². The molecule has 0 amide bonds. The summed E-state index contributed by atoms with van der Waals surface area (Å²) in [6.45, 7) is 1.70. The van der Waals surface area contributed by atoms with E-state index in [1.807, 2.05) is 30.3 Å². The molecule has 0 aliphatic rings. The van der Waals surface area contributed by atoms with E-state index in [4.69, 9.17) is 4.74 Å². The van der Waals surface area contributed by atoms with Gasteiger partial charge in [0.1, 0.15) is 12.7 Å². The lowest BCUT2D eigenvalue weighted by Crippen LogP contribution is -2.26. The van der Waals surface area contributed by atoms with Crippen molar-refractivity contribution < 1.29 is 14.3 Å². The molecule has 2 aromatic carbocycles. The van der Waals surface area contributed by atoms with Gasteiger partial charge in [-0.1, -0.05) is 53.7 Å². The summed E-state index contributed by atoms with van der Waals surface area (Å²) in [6.07, 6.45) is 1.26. The molecule has 1 atom stereocenters. The van der Waals surface area contributed by atoms with Crippen LogP contribution in [0.5, 0.6) is 0 Å². The predicted molar refractivity (Wildman–Crippen MR) is 101 cm³/mol. The molecule has 4 aromatic rings. The maximum absolute atomic E-state index is 12.9. The van der Waals surface area contributed by atoms with E-state index in [1.54, 1.807) is 37.3 Å². The molecule has 1 unspecified atom stereocenters. The fraction of sp³-hybridized carbons (Fsp3) is 0.100. The van der Waals surface area contributed by atoms with Gasteiger partial charge in [-0.2, -0.15) is 5.10 Å². The van der Waals surface area contributed by atoms with E-state index in [9.17, 15) is 9.59 Å². The monoisotopic (exact) mass is 388 g/mol. The van der Waals surface area contributed by atoms with E-state index in [2.05, 4.69) is 20.4 Å². The van der Waals surface area contributed by atoms with Crippen molar-refractivity contribution in [3.05, 3.63) is 90.3 Å². The second-order valence-electron chi connectivity index (χ2n) is 6.13. The Labute approximate surface area is 165 Å². The maximum Gasteiger partial charge on any atom is 0.363 e. The van der Waals surface area contributed by atoms with Gasteiger partial charge < -0.3 is 4.74 Å². The van der Waals surface area contributed by atoms with Crippen molar-refractivity contribution in [1.82, 2.24) is 29.8 Å². The summed E-state index contributed by atoms with van der Waals surface area (Å²) in [5, 5.41) is 11.9. The van der Waals surface area contributed by atoms with E-state index >= 15 is 0 Å². The molecule has 4 rings (SSSR count). The first-order chi connectivity index (χ1) is 14.1. The third kappa shape index (κ3) is 3.65. The number of carbonyl (C=O) groups excluding carboxylic acids is 2. The van der Waals surface area contributed by atoms with Crippen molar-refractivity contribution in [2.24, 2.45) is 0 Å². The average molecular weight is 388 g/mol. The Bertz CT molecular complexity index is 1120. The zero-order valence-electron chi connectivity index (χ0n) is 15.4. The normalized spacial score (nSPS) is 11.8. The molecule has 0 aliphatic carbocycles. The number of para-hydroxylation sites is 1. The highest BCUT2D eigenvalue weighted by Gasteiger charge is 2.29. The van der Waals surface area contributed by atoms with E-state index in [-0.39, 0.29) is 5.69 Å². The molecule has 9 heteroatoms. The van der Waals surface area contributed by atoms with Gasteiger partial charge in [0, 0.05) is 5.56 Å². The third-order valence-corrected chi connectivity index (χ3v) is 4.27. The van der Waals surface area contributed by atoms with Crippen LogP contribution < -0.4 is 0 Å². The topological polar surface area (TPSA) is 105 Å². The zero-order chi connectivity index (χ0) is 20.2. The lowest BCUT2D eigenvalue weighted by molar-refractivity contribution is 0.00738. The van der Waals surface area contributed by atoms with Crippen LogP contribution in [0.15, 0.2) is 73.3 Å². The largest absolute Gasteiger partial charge is 0.427 e. The first-order valence-electron chi connectivity index (χ1n) is 8.77. The summed E-state index contributed by atoms with van der Waals surface area (Å²) < 4.78 is 8.20. The molecule has 0 spiro atoms. The number of carbonyl (C=O) groups is 2. The summed E-state index contributed by atoms with van der Waals surface area (Å²) in [7, 11) is 0. The van der Waals surface area contributed by atoms with Gasteiger partial charge in [-0.05, 0) is 19.1 Å². The van der Waals surface area contributed by atoms with Crippen LogP contribution in [0.1, 0.15) is 32.8 Å². The number of Topliss-reactive ketones (excluding diaryl/α,β-unsaturated/α-hetero) is 1. The predicted octanol–water partition coefficient (Wildman–Crippen LogP) is 2.41. The van der Waals surface area contributed by atoms with Crippen molar-refractivity contribution in [2.75, 3.05) is 0 Å². The first kappa shape index (κ1) is 18.2. The Balaban J connectivity index is 1.63.